The van der Waals surface area contributed by atoms with E-state index < -0.39 is 0 Å². The van der Waals surface area contributed by atoms with Gasteiger partial charge in [0.25, 0.3) is 0 Å². The molecule has 0 fully saturated rings. The second-order valence-electron chi connectivity index (χ2n) is 0.932. The second kappa shape index (κ2) is 235. The molecule has 0 spiro atoms. The molecule has 11 heteroatoms. The summed E-state index contributed by atoms with van der Waals surface area (Å²) in [6.07, 6.45) is 1.35. The molecular formula is C11H4Co2O9. The third kappa shape index (κ3) is 199. The van der Waals surface area contributed by atoms with E-state index in [2.05, 4.69) is 51.1 Å². The van der Waals surface area contributed by atoms with Crippen LogP contribution in [0.2, 0.25) is 0 Å². The predicted molar refractivity (Wildman–Crippen MR) is 50.9 cm³/mol. The first-order valence-corrected chi connectivity index (χ1v) is 3.06. The summed E-state index contributed by atoms with van der Waals surface area (Å²) in [4.78, 5) is 17.7. The maximum absolute atomic E-state index is 9.90. The quantitative estimate of drug-likeness (QED) is 0.337. The van der Waals surface area contributed by atoms with Crippen molar-refractivity contribution in [3.8, 4) is 0 Å². The summed E-state index contributed by atoms with van der Waals surface area (Å²) < 4.78 is 49.3. The molecule has 1 heterocycles. The van der Waals surface area contributed by atoms with Crippen molar-refractivity contribution < 1.29 is 70.7 Å². The molecule has 0 amide bonds. The first kappa shape index (κ1) is 59.4. The summed E-state index contributed by atoms with van der Waals surface area (Å²) in [7, 11) is 0. The Hall–Kier alpha value is -1.80. The molecule has 1 aromatic rings. The molecule has 120 valence electrons. The number of carbonyl (C=O) groups excluding carboxylic acids is 1. The topological polar surface area (TPSA) is 167 Å². The van der Waals surface area contributed by atoms with E-state index in [9.17, 15) is 4.79 Å². The van der Waals surface area contributed by atoms with E-state index in [1.54, 1.807) is 6.07 Å². The van der Waals surface area contributed by atoms with E-state index in [0.29, 0.717) is 0 Å². The van der Waals surface area contributed by atoms with Gasteiger partial charge in [0.05, 0.1) is 0 Å². The Balaban J connectivity index is -0.0000000135. The van der Waals surface area contributed by atoms with Gasteiger partial charge in [-0.05, 0) is 6.26 Å². The van der Waals surface area contributed by atoms with Crippen LogP contribution in [0.4, 0.5) is 0 Å². The number of furan rings is 1. The smallest absolute Gasteiger partial charge is 0.545 e. The van der Waals surface area contributed by atoms with E-state index in [-0.39, 0.29) is 39.2 Å². The van der Waals surface area contributed by atoms with Gasteiger partial charge in [0, 0.05) is 16.8 Å². The Morgan fingerprint density at radius 3 is 1.09 bits per heavy atom. The minimum atomic E-state index is -0.282. The Kier molecular flexibility index (Phi) is 634. The van der Waals surface area contributed by atoms with E-state index in [1.807, 2.05) is 0 Å². The van der Waals surface area contributed by atoms with Gasteiger partial charge in [-0.1, -0.05) is 0 Å². The molecule has 0 atom stereocenters. The molecule has 0 N–H and O–H groups in total. The van der Waals surface area contributed by atoms with Gasteiger partial charge in [-0.25, -0.2) is 0 Å². The van der Waals surface area contributed by atoms with Gasteiger partial charge < -0.3 is 14.0 Å². The van der Waals surface area contributed by atoms with Crippen molar-refractivity contribution in [1.29, 1.82) is 0 Å². The van der Waals surface area contributed by atoms with Crippen LogP contribution < -0.4 is 5.63 Å². The molecule has 0 aliphatic rings. The fourth-order valence-corrected chi connectivity index (χ4v) is 0.263. The van der Waals surface area contributed by atoms with E-state index in [4.69, 9.17) is 32.7 Å². The molecule has 0 aliphatic heterocycles. The molecule has 1 aromatic heterocycles. The third-order valence-corrected chi connectivity index (χ3v) is 0.495. The van der Waals surface area contributed by atoms with Crippen LogP contribution in [-0.4, -0.2) is 6.79 Å². The Morgan fingerprint density at radius 2 is 1.05 bits per heavy atom. The van der Waals surface area contributed by atoms with Crippen molar-refractivity contribution in [1.82, 2.24) is 0 Å². The monoisotopic (exact) mass is 398 g/mol. The van der Waals surface area contributed by atoms with Gasteiger partial charge >= 0.3 is 84.6 Å². The normalized spacial score (nSPS) is 3.09. The number of rotatable bonds is 0. The molecule has 1 rings (SSSR count). The molecule has 0 saturated carbocycles. The van der Waals surface area contributed by atoms with Gasteiger partial charge in [0.2, 0.25) is 0 Å². The molecule has 0 aliphatic carbocycles. The summed E-state index contributed by atoms with van der Waals surface area (Å²) in [5.74, 6) is 0. The average molecular weight is 398 g/mol. The summed E-state index contributed by atoms with van der Waals surface area (Å²) in [5.41, 5.74) is -0.282. The van der Waals surface area contributed by atoms with Gasteiger partial charge in [-0.3, -0.25) is 6.79 Å². The number of hydrogen-bond acceptors (Lipinski definition) is 3. The minimum absolute atomic E-state index is 0. The van der Waals surface area contributed by atoms with Gasteiger partial charge in [0.1, 0.15) is 0 Å². The van der Waals surface area contributed by atoms with Gasteiger partial charge in [-0.2, -0.15) is 0 Å². The Morgan fingerprint density at radius 1 is 0.818 bits per heavy atom. The van der Waals surface area contributed by atoms with Crippen molar-refractivity contribution in [3.63, 3.8) is 0 Å². The van der Waals surface area contributed by atoms with Crippen molar-refractivity contribution in [2.75, 3.05) is 0 Å². The molecule has 0 saturated heterocycles. The van der Waals surface area contributed by atoms with Gasteiger partial charge in [-0.15, -0.1) is 12.1 Å². The zero-order chi connectivity index (χ0) is 18.4. The van der Waals surface area contributed by atoms with Crippen LogP contribution in [0.3, 0.4) is 0 Å². The molecule has 0 unspecified atom stereocenters. The average Bonchev–Trinajstić information content (AvgIpc) is 3.11. The van der Waals surface area contributed by atoms with Gasteiger partial charge in [0.15, 0.2) is 5.63 Å². The predicted octanol–water partition coefficient (Wildman–Crippen LogP) is -0.145. The summed E-state index contributed by atoms with van der Waals surface area (Å²) in [5, 5.41) is 0. The van der Waals surface area contributed by atoms with Crippen LogP contribution in [0.25, 0.3) is 0 Å². The van der Waals surface area contributed by atoms with E-state index >= 15 is 0 Å². The number of hydrogen-bond donors (Lipinski definition) is 0. The van der Waals surface area contributed by atoms with Crippen LogP contribution in [0, 0.1) is 39.9 Å². The fraction of sp³-hybridized carbons (Fsp3) is 0. The summed E-state index contributed by atoms with van der Waals surface area (Å²) in [6, 6.07) is 2.92. The van der Waals surface area contributed by atoms with Crippen molar-refractivity contribution in [3.05, 3.63) is 68.7 Å². The second-order valence-corrected chi connectivity index (χ2v) is 0.932. The molecule has 0 bridgehead atoms. The first-order chi connectivity index (χ1) is 9.89. The minimum Gasteiger partial charge on any atom is -0.545 e. The molecule has 2 radical (unpaired) electrons. The largest absolute Gasteiger partial charge is 2.00 e. The van der Waals surface area contributed by atoms with Crippen LogP contribution in [0.15, 0.2) is 27.6 Å². The zero-order valence-corrected chi connectivity index (χ0v) is 12.2. The Bertz CT molecular complexity index is 332. The van der Waals surface area contributed by atoms with Crippen LogP contribution in [0.1, 0.15) is 0 Å². The van der Waals surface area contributed by atoms with E-state index in [0.717, 1.165) is 0 Å². The Labute approximate surface area is 146 Å². The van der Waals surface area contributed by atoms with Crippen LogP contribution in [-0.2, 0) is 66.3 Å². The first-order valence-electron chi connectivity index (χ1n) is 3.06. The maximum Gasteiger partial charge on any atom is 2.00 e. The molecule has 22 heavy (non-hydrogen) atoms. The molecule has 0 aromatic carbocycles. The summed E-state index contributed by atoms with van der Waals surface area (Å²) in [6.45, 7) is 30.2. The third-order valence-electron chi connectivity index (χ3n) is 0.495. The van der Waals surface area contributed by atoms with Crippen molar-refractivity contribution in [2.45, 2.75) is 0 Å². The SMILES string of the molecule is O=c1cc[cH-]o1.[C-]#[O+].[C-]#[O+].[C-]#[O+].[C-]#[O+].[C-]#[O+].[C-]#[O+].[CH-]=O.[Co+2].[Co]. The zero-order valence-electron chi connectivity index (χ0n) is 10.2. The maximum atomic E-state index is 9.90. The standard InChI is InChI=1S/C4H3O2.CHO.6CO.2Co/c5-4-2-1-3-6-4;7*1-2;;/h1-3H;1H;;;;;;;;/q2*-1;;;;;;;;+2. The van der Waals surface area contributed by atoms with Crippen LogP contribution in [0.5, 0.6) is 0 Å². The molecular weight excluding hydrogens is 394 g/mol. The fourth-order valence-electron chi connectivity index (χ4n) is 0.263. The summed E-state index contributed by atoms with van der Waals surface area (Å²) >= 11 is 0. The van der Waals surface area contributed by atoms with E-state index in [1.165, 1.54) is 12.3 Å². The van der Waals surface area contributed by atoms with Crippen molar-refractivity contribution in [2.24, 2.45) is 0 Å². The van der Waals surface area contributed by atoms with Crippen molar-refractivity contribution >= 4 is 6.79 Å². The molecule has 9 nitrogen and oxygen atoms in total. The van der Waals surface area contributed by atoms with Crippen LogP contribution >= 0.6 is 0 Å².